The maximum Gasteiger partial charge on any atom is 0.356 e. The predicted octanol–water partition coefficient (Wildman–Crippen LogP) is 1.24. The third-order valence-corrected chi connectivity index (χ3v) is 5.18. The molecular formula is C24H25N3O7. The number of fused-ring (bicyclic) bond motifs is 2. The van der Waals surface area contributed by atoms with Crippen molar-refractivity contribution in [1.82, 2.24) is 5.06 Å². The Kier molecular flexibility index (Phi) is 7.41. The van der Waals surface area contributed by atoms with Crippen molar-refractivity contribution < 1.29 is 34.1 Å². The number of carbonyl (C=O) groups excluding carboxylic acids is 2. The van der Waals surface area contributed by atoms with Crippen LogP contribution in [0.15, 0.2) is 65.7 Å². The lowest BCUT2D eigenvalue weighted by atomic mass is 10.0. The maximum absolute atomic E-state index is 11.8. The number of guanidine groups is 1. The molecule has 0 saturated carbocycles. The molecule has 2 aliphatic rings. The van der Waals surface area contributed by atoms with Gasteiger partial charge in [0.2, 0.25) is 12.2 Å². The fourth-order valence-corrected chi connectivity index (χ4v) is 3.31. The number of benzene rings is 2. The molecule has 2 aromatic carbocycles. The summed E-state index contributed by atoms with van der Waals surface area (Å²) in [7, 11) is 0. The number of nitrogens with zero attached hydrogens (tertiary/aromatic N) is 2. The highest BCUT2D eigenvalue weighted by atomic mass is 16.7. The molecule has 2 heterocycles. The molecule has 1 atom stereocenters. The molecule has 2 aliphatic heterocycles. The van der Waals surface area contributed by atoms with E-state index in [1.165, 1.54) is 5.06 Å². The van der Waals surface area contributed by atoms with Crippen LogP contribution < -0.4 is 10.1 Å². The monoisotopic (exact) mass is 467 g/mol. The van der Waals surface area contributed by atoms with E-state index in [9.17, 15) is 9.59 Å². The second-order valence-electron chi connectivity index (χ2n) is 7.83. The summed E-state index contributed by atoms with van der Waals surface area (Å²) in [6, 6.07) is 15.3. The number of aliphatic hydroxyl groups excluding tert-OH is 2. The molecule has 2 bridgehead atoms. The fourth-order valence-electron chi connectivity index (χ4n) is 3.31. The molecule has 178 valence electrons. The first-order valence-corrected chi connectivity index (χ1v) is 10.8. The Morgan fingerprint density at radius 2 is 1.65 bits per heavy atom. The van der Waals surface area contributed by atoms with Crippen molar-refractivity contribution >= 4 is 23.6 Å². The first kappa shape index (κ1) is 23.3. The van der Waals surface area contributed by atoms with Crippen LogP contribution in [0.1, 0.15) is 11.1 Å². The van der Waals surface area contributed by atoms with Gasteiger partial charge in [-0.05, 0) is 41.8 Å². The van der Waals surface area contributed by atoms with Gasteiger partial charge in [-0.3, -0.25) is 0 Å². The van der Waals surface area contributed by atoms with E-state index < -0.39 is 18.2 Å². The van der Waals surface area contributed by atoms with E-state index in [4.69, 9.17) is 24.5 Å². The van der Waals surface area contributed by atoms with Gasteiger partial charge in [-0.1, -0.05) is 24.3 Å². The SMILES string of the molecule is O=C1/C=C\C(=O)ON2CC(N=C2Nc2ccc(Cc3ccc(OCC(CO)CO)cc3)cc2)O1. The third-order valence-electron chi connectivity index (χ3n) is 5.18. The minimum atomic E-state index is -0.769. The summed E-state index contributed by atoms with van der Waals surface area (Å²) in [5.41, 5.74) is 2.91. The molecule has 0 aromatic heterocycles. The quantitative estimate of drug-likeness (QED) is 0.491. The van der Waals surface area contributed by atoms with E-state index in [0.717, 1.165) is 29.0 Å². The standard InChI is InChI=1S/C24H25N3O7/c28-13-18(14-29)15-32-20-7-3-17(4-8-20)11-16-1-5-19(6-2-16)25-24-26-21-12-27(24)34-23(31)10-9-22(30)33-21/h1-10,18,21,28-29H,11-15H2,(H,25,26)/b10-9-. The molecule has 10 heteroatoms. The Labute approximate surface area is 196 Å². The van der Waals surface area contributed by atoms with Crippen molar-refractivity contribution in [2.75, 3.05) is 31.7 Å². The predicted molar refractivity (Wildman–Crippen MR) is 122 cm³/mol. The minimum absolute atomic E-state index is 0.111. The summed E-state index contributed by atoms with van der Waals surface area (Å²) in [6.07, 6.45) is 1.96. The smallest absolute Gasteiger partial charge is 0.356 e. The molecule has 4 rings (SSSR count). The van der Waals surface area contributed by atoms with Gasteiger partial charge >= 0.3 is 11.9 Å². The first-order valence-electron chi connectivity index (χ1n) is 10.8. The van der Waals surface area contributed by atoms with Crippen molar-refractivity contribution in [2.45, 2.75) is 12.6 Å². The molecule has 10 nitrogen and oxygen atoms in total. The van der Waals surface area contributed by atoms with Gasteiger partial charge in [0.15, 0.2) is 0 Å². The van der Waals surface area contributed by atoms with Crippen LogP contribution in [0.5, 0.6) is 5.75 Å². The van der Waals surface area contributed by atoms with E-state index in [2.05, 4.69) is 10.3 Å². The largest absolute Gasteiger partial charge is 0.493 e. The molecule has 0 saturated heterocycles. The van der Waals surface area contributed by atoms with Crippen molar-refractivity contribution in [3.05, 3.63) is 71.8 Å². The summed E-state index contributed by atoms with van der Waals surface area (Å²) >= 11 is 0. The number of esters is 1. The van der Waals surface area contributed by atoms with E-state index in [-0.39, 0.29) is 38.2 Å². The Hall–Kier alpha value is -3.89. The van der Waals surface area contributed by atoms with Gasteiger partial charge in [0.05, 0.1) is 19.8 Å². The Morgan fingerprint density at radius 3 is 2.32 bits per heavy atom. The molecule has 3 N–H and O–H groups in total. The zero-order valence-electron chi connectivity index (χ0n) is 18.3. The highest BCUT2D eigenvalue weighted by molar-refractivity contribution is 5.97. The number of hydroxylamine groups is 2. The zero-order chi connectivity index (χ0) is 23.9. The van der Waals surface area contributed by atoms with Crippen LogP contribution in [0.2, 0.25) is 0 Å². The summed E-state index contributed by atoms with van der Waals surface area (Å²) < 4.78 is 10.7. The van der Waals surface area contributed by atoms with Crippen LogP contribution in [-0.2, 0) is 25.6 Å². The average molecular weight is 467 g/mol. The molecule has 2 aromatic rings. The van der Waals surface area contributed by atoms with Gasteiger partial charge in [0.25, 0.3) is 0 Å². The molecule has 34 heavy (non-hydrogen) atoms. The number of anilines is 1. The summed E-state index contributed by atoms with van der Waals surface area (Å²) in [5, 5.41) is 22.6. The van der Waals surface area contributed by atoms with Crippen molar-refractivity contribution in [1.29, 1.82) is 0 Å². The number of ether oxygens (including phenoxy) is 2. The number of rotatable bonds is 8. The normalized spacial score (nSPS) is 18.4. The number of hydrogen-bond donors (Lipinski definition) is 3. The van der Waals surface area contributed by atoms with Gasteiger partial charge in [-0.2, -0.15) is 5.06 Å². The lowest BCUT2D eigenvalue weighted by Crippen LogP contribution is -2.35. The van der Waals surface area contributed by atoms with Crippen molar-refractivity contribution in [3.63, 3.8) is 0 Å². The Bertz CT molecular complexity index is 1060. The second-order valence-corrected chi connectivity index (χ2v) is 7.83. The lowest BCUT2D eigenvalue weighted by molar-refractivity contribution is -0.167. The average Bonchev–Trinajstić information content (AvgIpc) is 3.22. The second kappa shape index (κ2) is 10.8. The molecule has 1 unspecified atom stereocenters. The van der Waals surface area contributed by atoms with Crippen LogP contribution in [0, 0.1) is 5.92 Å². The van der Waals surface area contributed by atoms with Gasteiger partial charge in [-0.15, -0.1) is 0 Å². The van der Waals surface area contributed by atoms with Crippen LogP contribution in [0.4, 0.5) is 5.69 Å². The van der Waals surface area contributed by atoms with Crippen LogP contribution >= 0.6 is 0 Å². The Balaban J connectivity index is 1.34. The number of carbonyl (C=O) groups is 2. The number of aliphatic imine (C=N–C) groups is 1. The van der Waals surface area contributed by atoms with Crippen molar-refractivity contribution in [2.24, 2.45) is 10.9 Å². The van der Waals surface area contributed by atoms with Crippen LogP contribution in [0.3, 0.4) is 0 Å². The van der Waals surface area contributed by atoms with Gasteiger partial charge < -0.3 is 29.8 Å². The number of nitrogens with one attached hydrogen (secondary N) is 1. The topological polar surface area (TPSA) is 130 Å². The molecule has 0 radical (unpaired) electrons. The lowest BCUT2D eigenvalue weighted by Gasteiger charge is -2.18. The zero-order valence-corrected chi connectivity index (χ0v) is 18.3. The van der Waals surface area contributed by atoms with E-state index >= 15 is 0 Å². The first-order chi connectivity index (χ1) is 16.5. The highest BCUT2D eigenvalue weighted by Gasteiger charge is 2.31. The summed E-state index contributed by atoms with van der Waals surface area (Å²) in [5.74, 6) is -0.693. The fraction of sp³-hybridized carbons (Fsp3) is 0.292. The molecule has 0 spiro atoms. The molecule has 0 aliphatic carbocycles. The number of hydrogen-bond acceptors (Lipinski definition) is 10. The molecule has 0 amide bonds. The van der Waals surface area contributed by atoms with Gasteiger partial charge in [0.1, 0.15) is 12.3 Å². The highest BCUT2D eigenvalue weighted by Crippen LogP contribution is 2.20. The van der Waals surface area contributed by atoms with Crippen LogP contribution in [0.25, 0.3) is 0 Å². The summed E-state index contributed by atoms with van der Waals surface area (Å²) in [4.78, 5) is 32.9. The van der Waals surface area contributed by atoms with Crippen molar-refractivity contribution in [3.8, 4) is 5.75 Å². The molecular weight excluding hydrogens is 442 g/mol. The maximum atomic E-state index is 11.8. The van der Waals surface area contributed by atoms with E-state index in [1.807, 2.05) is 48.5 Å². The van der Waals surface area contributed by atoms with E-state index in [0.29, 0.717) is 12.2 Å². The molecule has 0 fully saturated rings. The van der Waals surface area contributed by atoms with Gasteiger partial charge in [-0.25, -0.2) is 14.6 Å². The van der Waals surface area contributed by atoms with Crippen LogP contribution in [-0.4, -0.2) is 65.8 Å². The Morgan fingerprint density at radius 1 is 1.00 bits per heavy atom. The third kappa shape index (κ3) is 6.12. The summed E-state index contributed by atoms with van der Waals surface area (Å²) in [6.45, 7) is 0.116. The van der Waals surface area contributed by atoms with Gasteiger partial charge in [0, 0.05) is 23.8 Å². The minimum Gasteiger partial charge on any atom is -0.493 e. The number of aliphatic hydroxyl groups is 2. The van der Waals surface area contributed by atoms with E-state index in [1.54, 1.807) is 0 Å².